The largest absolute Gasteiger partial charge is 0.352 e. The summed E-state index contributed by atoms with van der Waals surface area (Å²) in [5, 5.41) is 6.63. The third kappa shape index (κ3) is 6.02. The molecule has 32 heavy (non-hydrogen) atoms. The maximum Gasteiger partial charge on any atom is 0.257 e. The lowest BCUT2D eigenvalue weighted by atomic mass is 10.1. The number of hydrogen-bond acceptors (Lipinski definition) is 5. The molecule has 3 aromatic rings. The number of carbonyl (C=O) groups excluding carboxylic acids is 1. The predicted molar refractivity (Wildman–Crippen MR) is 126 cm³/mol. The van der Waals surface area contributed by atoms with Gasteiger partial charge in [-0.2, -0.15) is 0 Å². The molecule has 0 aliphatic rings. The Morgan fingerprint density at radius 1 is 1.12 bits per heavy atom. The molecule has 0 aliphatic carbocycles. The monoisotopic (exact) mass is 453 g/mol. The zero-order valence-corrected chi connectivity index (χ0v) is 19.4. The smallest absolute Gasteiger partial charge is 0.257 e. The minimum absolute atomic E-state index is 0.0243. The first-order chi connectivity index (χ1) is 15.4. The Bertz CT molecular complexity index is 1150. The third-order valence-corrected chi connectivity index (χ3v) is 5.56. The van der Waals surface area contributed by atoms with Gasteiger partial charge in [-0.05, 0) is 56.3 Å². The van der Waals surface area contributed by atoms with Gasteiger partial charge in [0.15, 0.2) is 0 Å². The first-order valence-electron chi connectivity index (χ1n) is 10.5. The Labute approximate surface area is 192 Å². The minimum atomic E-state index is -0.234. The van der Waals surface area contributed by atoms with Crippen LogP contribution in [-0.4, -0.2) is 27.5 Å². The molecule has 0 atom stereocenters. The number of benzene rings is 1. The fourth-order valence-corrected chi connectivity index (χ4v) is 3.81. The van der Waals surface area contributed by atoms with Crippen LogP contribution in [0.3, 0.4) is 0 Å². The fraction of sp³-hybridized carbons (Fsp3) is 0.333. The van der Waals surface area contributed by atoms with Crippen molar-refractivity contribution < 1.29 is 4.79 Å². The highest BCUT2D eigenvalue weighted by molar-refractivity contribution is 6.30. The summed E-state index contributed by atoms with van der Waals surface area (Å²) in [6.07, 6.45) is 2.32. The van der Waals surface area contributed by atoms with E-state index in [1.165, 1.54) is 0 Å². The summed E-state index contributed by atoms with van der Waals surface area (Å²) in [7, 11) is 1.86. The lowest BCUT2D eigenvalue weighted by molar-refractivity contribution is -0.120. The minimum Gasteiger partial charge on any atom is -0.352 e. The fourth-order valence-electron chi connectivity index (χ4n) is 3.61. The van der Waals surface area contributed by atoms with Gasteiger partial charge in [0.25, 0.3) is 5.56 Å². The summed E-state index contributed by atoms with van der Waals surface area (Å²) in [6.45, 7) is 5.04. The van der Waals surface area contributed by atoms with E-state index in [0.29, 0.717) is 48.2 Å². The molecule has 0 spiro atoms. The number of hydrogen-bond donors (Lipinski definition) is 2. The standard InChI is InChI=1S/C24H28ClN5O2/c1-16-22(13-23(31)28-15-19-12-20(25)8-7-18(19)14-26-3)24(32)30(17(2)29-16)11-9-21-6-4-5-10-27-21/h4-8,10,12,26H,9,11,13-15H2,1-3H3,(H,28,31). The van der Waals surface area contributed by atoms with Gasteiger partial charge in [0, 0.05) is 54.2 Å². The second kappa shape index (κ2) is 11.0. The van der Waals surface area contributed by atoms with Crippen LogP contribution in [0.1, 0.15) is 33.9 Å². The summed E-state index contributed by atoms with van der Waals surface area (Å²) in [5.41, 5.74) is 3.71. The molecular formula is C24H28ClN5O2. The highest BCUT2D eigenvalue weighted by atomic mass is 35.5. The number of aryl methyl sites for hydroxylation is 3. The van der Waals surface area contributed by atoms with Gasteiger partial charge in [-0.3, -0.25) is 19.1 Å². The molecule has 0 fully saturated rings. The lowest BCUT2D eigenvalue weighted by Crippen LogP contribution is -2.33. The van der Waals surface area contributed by atoms with E-state index < -0.39 is 0 Å². The van der Waals surface area contributed by atoms with Crippen LogP contribution in [0.5, 0.6) is 0 Å². The first kappa shape index (κ1) is 23.6. The van der Waals surface area contributed by atoms with Crippen LogP contribution in [0.15, 0.2) is 47.4 Å². The zero-order valence-electron chi connectivity index (χ0n) is 18.6. The van der Waals surface area contributed by atoms with E-state index in [4.69, 9.17) is 11.6 Å². The molecular weight excluding hydrogens is 426 g/mol. The Hall–Kier alpha value is -3.03. The van der Waals surface area contributed by atoms with E-state index in [1.807, 2.05) is 43.4 Å². The summed E-state index contributed by atoms with van der Waals surface area (Å²) in [4.78, 5) is 34.6. The molecule has 8 heteroatoms. The van der Waals surface area contributed by atoms with Crippen molar-refractivity contribution in [2.24, 2.45) is 0 Å². The zero-order chi connectivity index (χ0) is 23.1. The van der Waals surface area contributed by atoms with Crippen molar-refractivity contribution in [2.75, 3.05) is 7.05 Å². The highest BCUT2D eigenvalue weighted by Crippen LogP contribution is 2.16. The van der Waals surface area contributed by atoms with Crippen LogP contribution >= 0.6 is 11.6 Å². The van der Waals surface area contributed by atoms with Crippen molar-refractivity contribution in [1.29, 1.82) is 0 Å². The molecule has 0 saturated heterocycles. The number of carbonyl (C=O) groups is 1. The number of aromatic nitrogens is 3. The molecule has 1 amide bonds. The number of pyridine rings is 1. The SMILES string of the molecule is CNCc1ccc(Cl)cc1CNC(=O)Cc1c(C)nc(C)n(CCc2ccccn2)c1=O. The van der Waals surface area contributed by atoms with E-state index in [2.05, 4.69) is 20.6 Å². The van der Waals surface area contributed by atoms with Crippen LogP contribution in [0.2, 0.25) is 5.02 Å². The maximum absolute atomic E-state index is 13.1. The van der Waals surface area contributed by atoms with E-state index in [-0.39, 0.29) is 17.9 Å². The molecule has 0 unspecified atom stereocenters. The van der Waals surface area contributed by atoms with Crippen molar-refractivity contribution in [3.05, 3.63) is 91.9 Å². The van der Waals surface area contributed by atoms with E-state index in [1.54, 1.807) is 24.6 Å². The molecule has 0 aliphatic heterocycles. The molecule has 2 N–H and O–H groups in total. The molecule has 3 rings (SSSR count). The number of nitrogens with one attached hydrogen (secondary N) is 2. The van der Waals surface area contributed by atoms with Crippen LogP contribution in [0.4, 0.5) is 0 Å². The Morgan fingerprint density at radius 2 is 1.94 bits per heavy atom. The van der Waals surface area contributed by atoms with E-state index in [0.717, 1.165) is 16.8 Å². The molecule has 7 nitrogen and oxygen atoms in total. The second-order valence-electron chi connectivity index (χ2n) is 7.65. The molecule has 1 aromatic carbocycles. The van der Waals surface area contributed by atoms with Crippen LogP contribution in [-0.2, 0) is 37.3 Å². The second-order valence-corrected chi connectivity index (χ2v) is 8.08. The van der Waals surface area contributed by atoms with Gasteiger partial charge in [-0.15, -0.1) is 0 Å². The van der Waals surface area contributed by atoms with Gasteiger partial charge in [-0.1, -0.05) is 23.7 Å². The third-order valence-electron chi connectivity index (χ3n) is 5.33. The van der Waals surface area contributed by atoms with Crippen molar-refractivity contribution in [3.63, 3.8) is 0 Å². The van der Waals surface area contributed by atoms with E-state index in [9.17, 15) is 9.59 Å². The van der Waals surface area contributed by atoms with Gasteiger partial charge < -0.3 is 10.6 Å². The summed E-state index contributed by atoms with van der Waals surface area (Å²) in [6, 6.07) is 11.3. The van der Waals surface area contributed by atoms with Crippen LogP contribution < -0.4 is 16.2 Å². The van der Waals surface area contributed by atoms with Gasteiger partial charge in [-0.25, -0.2) is 4.98 Å². The average molecular weight is 454 g/mol. The molecule has 2 aromatic heterocycles. The molecule has 0 radical (unpaired) electrons. The van der Waals surface area contributed by atoms with Crippen LogP contribution in [0.25, 0.3) is 0 Å². The van der Waals surface area contributed by atoms with Gasteiger partial charge >= 0.3 is 0 Å². The number of rotatable bonds is 9. The Balaban J connectivity index is 1.72. The van der Waals surface area contributed by atoms with Crippen LogP contribution in [0, 0.1) is 13.8 Å². The summed E-state index contributed by atoms with van der Waals surface area (Å²) < 4.78 is 1.62. The molecule has 168 valence electrons. The quantitative estimate of drug-likeness (QED) is 0.520. The Kier molecular flexibility index (Phi) is 8.14. The topological polar surface area (TPSA) is 88.9 Å². The average Bonchev–Trinajstić information content (AvgIpc) is 2.77. The first-order valence-corrected chi connectivity index (χ1v) is 10.9. The molecule has 0 bridgehead atoms. The number of nitrogens with zero attached hydrogens (tertiary/aromatic N) is 3. The summed E-state index contributed by atoms with van der Waals surface area (Å²) in [5.74, 6) is 0.394. The van der Waals surface area contributed by atoms with Crippen molar-refractivity contribution >= 4 is 17.5 Å². The van der Waals surface area contributed by atoms with Crippen molar-refractivity contribution in [3.8, 4) is 0 Å². The number of amides is 1. The van der Waals surface area contributed by atoms with Gasteiger partial charge in [0.1, 0.15) is 5.82 Å². The lowest BCUT2D eigenvalue weighted by Gasteiger charge is -2.14. The molecule has 0 saturated carbocycles. The summed E-state index contributed by atoms with van der Waals surface area (Å²) >= 11 is 6.12. The Morgan fingerprint density at radius 3 is 2.66 bits per heavy atom. The van der Waals surface area contributed by atoms with Gasteiger partial charge in [0.05, 0.1) is 6.42 Å². The number of halogens is 1. The maximum atomic E-state index is 13.1. The normalized spacial score (nSPS) is 10.9. The van der Waals surface area contributed by atoms with E-state index >= 15 is 0 Å². The van der Waals surface area contributed by atoms with Crippen molar-refractivity contribution in [2.45, 2.75) is 46.3 Å². The predicted octanol–water partition coefficient (Wildman–Crippen LogP) is 2.73. The van der Waals surface area contributed by atoms with Crippen molar-refractivity contribution in [1.82, 2.24) is 25.2 Å². The molecule has 2 heterocycles. The highest BCUT2D eigenvalue weighted by Gasteiger charge is 2.16. The van der Waals surface area contributed by atoms with Gasteiger partial charge in [0.2, 0.25) is 5.91 Å².